The summed E-state index contributed by atoms with van der Waals surface area (Å²) in [5.74, 6) is 1.31. The molecule has 1 atom stereocenters. The van der Waals surface area contributed by atoms with E-state index in [9.17, 15) is 9.90 Å². The smallest absolute Gasteiger partial charge is 0.303 e. The number of aromatic nitrogens is 2. The number of halogens is 1. The van der Waals surface area contributed by atoms with Gasteiger partial charge in [0.05, 0.1) is 17.1 Å². The number of ether oxygens (including phenoxy) is 1. The van der Waals surface area contributed by atoms with Crippen molar-refractivity contribution in [3.8, 4) is 0 Å². The van der Waals surface area contributed by atoms with Crippen molar-refractivity contribution in [3.05, 3.63) is 41.2 Å². The van der Waals surface area contributed by atoms with Crippen molar-refractivity contribution >= 4 is 34.9 Å². The lowest BCUT2D eigenvalue weighted by atomic mass is 9.98. The zero-order chi connectivity index (χ0) is 21.8. The first-order chi connectivity index (χ1) is 15.0. The molecule has 1 aliphatic carbocycles. The second-order valence-corrected chi connectivity index (χ2v) is 9.00. The highest BCUT2D eigenvalue weighted by Gasteiger charge is 2.31. The van der Waals surface area contributed by atoms with Crippen LogP contribution < -0.4 is 10.2 Å². The predicted octanol–water partition coefficient (Wildman–Crippen LogP) is 4.85. The minimum atomic E-state index is -0.817. The van der Waals surface area contributed by atoms with E-state index in [1.165, 1.54) is 12.8 Å². The van der Waals surface area contributed by atoms with Crippen LogP contribution in [0.15, 0.2) is 30.6 Å². The maximum Gasteiger partial charge on any atom is 0.303 e. The van der Waals surface area contributed by atoms with Crippen molar-refractivity contribution in [3.63, 3.8) is 0 Å². The fourth-order valence-electron chi connectivity index (χ4n) is 4.02. The first-order valence-corrected chi connectivity index (χ1v) is 11.3. The van der Waals surface area contributed by atoms with Crippen LogP contribution in [0.3, 0.4) is 0 Å². The van der Waals surface area contributed by atoms with Crippen LogP contribution in [0, 0.1) is 5.92 Å². The van der Waals surface area contributed by atoms with Gasteiger partial charge < -0.3 is 20.1 Å². The number of pyridine rings is 2. The Morgan fingerprint density at radius 1 is 1.26 bits per heavy atom. The number of hydrogen-bond donors (Lipinski definition) is 2. The van der Waals surface area contributed by atoms with Crippen molar-refractivity contribution in [2.75, 3.05) is 30.0 Å². The molecular formula is C23H29ClN4O3. The Kier molecular flexibility index (Phi) is 6.92. The first kappa shape index (κ1) is 21.8. The summed E-state index contributed by atoms with van der Waals surface area (Å²) >= 11 is 6.00. The van der Waals surface area contributed by atoms with E-state index in [0.29, 0.717) is 22.8 Å². The Bertz CT molecular complexity index is 898. The molecule has 7 nitrogen and oxygen atoms in total. The first-order valence-electron chi connectivity index (χ1n) is 10.9. The molecule has 0 aromatic carbocycles. The lowest BCUT2D eigenvalue weighted by molar-refractivity contribution is -0.137. The van der Waals surface area contributed by atoms with E-state index in [1.807, 2.05) is 25.3 Å². The second-order valence-electron chi connectivity index (χ2n) is 8.56. The number of aliphatic carboxylic acids is 1. The van der Waals surface area contributed by atoms with Gasteiger partial charge in [-0.15, -0.1) is 0 Å². The van der Waals surface area contributed by atoms with Gasteiger partial charge in [-0.1, -0.05) is 18.5 Å². The van der Waals surface area contributed by atoms with Crippen LogP contribution in [0.2, 0.25) is 5.02 Å². The Morgan fingerprint density at radius 2 is 2.03 bits per heavy atom. The van der Waals surface area contributed by atoms with Crippen LogP contribution in [0.4, 0.5) is 17.3 Å². The highest BCUT2D eigenvalue weighted by atomic mass is 35.5. The third-order valence-electron chi connectivity index (χ3n) is 5.98. The number of hydrogen-bond acceptors (Lipinski definition) is 6. The maximum absolute atomic E-state index is 11.2. The van der Waals surface area contributed by atoms with Gasteiger partial charge in [0.2, 0.25) is 0 Å². The average molecular weight is 445 g/mol. The van der Waals surface area contributed by atoms with Crippen LogP contribution in [0.25, 0.3) is 0 Å². The van der Waals surface area contributed by atoms with Gasteiger partial charge in [-0.25, -0.2) is 9.97 Å². The van der Waals surface area contributed by atoms with Crippen molar-refractivity contribution in [2.24, 2.45) is 5.92 Å². The number of carboxylic acids is 1. The third-order valence-corrected chi connectivity index (χ3v) is 6.21. The van der Waals surface area contributed by atoms with Gasteiger partial charge in [0.15, 0.2) is 5.82 Å². The Balaban J connectivity index is 1.69. The van der Waals surface area contributed by atoms with E-state index in [0.717, 1.165) is 49.7 Å². The Labute approximate surface area is 187 Å². The molecule has 166 valence electrons. The molecule has 8 heteroatoms. The van der Waals surface area contributed by atoms with Gasteiger partial charge in [0.25, 0.3) is 0 Å². The minimum absolute atomic E-state index is 0.0609. The summed E-state index contributed by atoms with van der Waals surface area (Å²) in [5, 5.41) is 13.2. The lowest BCUT2D eigenvalue weighted by Crippen LogP contribution is -2.41. The molecule has 1 aliphatic heterocycles. The normalized spacial score (nSPS) is 17.9. The zero-order valence-corrected chi connectivity index (χ0v) is 18.5. The predicted molar refractivity (Wildman–Crippen MR) is 121 cm³/mol. The summed E-state index contributed by atoms with van der Waals surface area (Å²) in [4.78, 5) is 22.9. The molecular weight excluding hydrogens is 416 g/mol. The van der Waals surface area contributed by atoms with Crippen LogP contribution in [-0.2, 0) is 9.53 Å². The van der Waals surface area contributed by atoms with Crippen LogP contribution in [0.1, 0.15) is 50.5 Å². The molecule has 0 bridgehead atoms. The topological polar surface area (TPSA) is 87.6 Å². The van der Waals surface area contributed by atoms with Crippen molar-refractivity contribution in [1.29, 1.82) is 0 Å². The summed E-state index contributed by atoms with van der Waals surface area (Å²) in [7, 11) is 0. The van der Waals surface area contributed by atoms with Gasteiger partial charge in [0, 0.05) is 38.2 Å². The van der Waals surface area contributed by atoms with E-state index in [4.69, 9.17) is 21.3 Å². The monoisotopic (exact) mass is 444 g/mol. The van der Waals surface area contributed by atoms with E-state index in [1.54, 1.807) is 12.3 Å². The molecule has 1 saturated carbocycles. The fourth-order valence-corrected chi connectivity index (χ4v) is 4.13. The fraction of sp³-hybridized carbons (Fsp3) is 0.522. The van der Waals surface area contributed by atoms with E-state index >= 15 is 0 Å². The number of rotatable bonds is 9. The number of anilines is 3. The van der Waals surface area contributed by atoms with Crippen molar-refractivity contribution in [1.82, 2.24) is 9.97 Å². The third kappa shape index (κ3) is 5.86. The van der Waals surface area contributed by atoms with E-state index in [2.05, 4.69) is 15.2 Å². The maximum atomic E-state index is 11.2. The summed E-state index contributed by atoms with van der Waals surface area (Å²) in [5.41, 5.74) is 1.73. The van der Waals surface area contributed by atoms with E-state index in [-0.39, 0.29) is 12.3 Å². The average Bonchev–Trinajstić information content (AvgIpc) is 3.58. The van der Waals surface area contributed by atoms with Crippen molar-refractivity contribution < 1.29 is 14.6 Å². The number of carboxylic acid groups (broad SMARTS) is 1. The summed E-state index contributed by atoms with van der Waals surface area (Å²) in [6.07, 6.45) is 7.96. The summed E-state index contributed by atoms with van der Waals surface area (Å²) < 4.78 is 5.59. The molecule has 4 rings (SSSR count). The lowest BCUT2D eigenvalue weighted by Gasteiger charge is -2.36. The van der Waals surface area contributed by atoms with Gasteiger partial charge in [-0.3, -0.25) is 4.79 Å². The molecule has 2 N–H and O–H groups in total. The van der Waals surface area contributed by atoms with Gasteiger partial charge in [-0.05, 0) is 61.3 Å². The Hall–Kier alpha value is -2.38. The standard InChI is InChI=1S/C23H29ClN4O3/c1-15(10-22(29)30)17-11-20(27-21-5-4-18(24)13-25-21)23(26-12-17)28(14-16-2-3-16)19-6-8-31-9-7-19/h4-5,11-13,15-16,19H,2-3,6-10,14H2,1H3,(H,25,27)(H,29,30)/t15-/m1/s1. The minimum Gasteiger partial charge on any atom is -0.481 e. The number of nitrogens with zero attached hydrogens (tertiary/aromatic N) is 3. The highest BCUT2D eigenvalue weighted by molar-refractivity contribution is 6.30. The molecule has 2 aromatic heterocycles. The molecule has 0 spiro atoms. The summed E-state index contributed by atoms with van der Waals surface area (Å²) in [6.45, 7) is 4.42. The van der Waals surface area contributed by atoms with Gasteiger partial charge >= 0.3 is 5.97 Å². The van der Waals surface area contributed by atoms with Crippen LogP contribution in [0.5, 0.6) is 0 Å². The molecule has 0 unspecified atom stereocenters. The SMILES string of the molecule is C[C@H](CC(=O)O)c1cnc(N(CC2CC2)C2CCOCC2)c(Nc2ccc(Cl)cn2)c1. The molecule has 1 saturated heterocycles. The molecule has 2 fully saturated rings. The molecule has 0 radical (unpaired) electrons. The van der Waals surface area contributed by atoms with Gasteiger partial charge in [0.1, 0.15) is 5.82 Å². The van der Waals surface area contributed by atoms with Crippen LogP contribution in [-0.4, -0.2) is 46.8 Å². The molecule has 0 amide bonds. The quantitative estimate of drug-likeness (QED) is 0.571. The van der Waals surface area contributed by atoms with Crippen molar-refractivity contribution in [2.45, 2.75) is 51.0 Å². The zero-order valence-electron chi connectivity index (χ0n) is 17.8. The molecule has 3 heterocycles. The Morgan fingerprint density at radius 3 is 2.68 bits per heavy atom. The van der Waals surface area contributed by atoms with Crippen LogP contribution >= 0.6 is 11.6 Å². The molecule has 31 heavy (non-hydrogen) atoms. The largest absolute Gasteiger partial charge is 0.481 e. The van der Waals surface area contributed by atoms with Gasteiger partial charge in [-0.2, -0.15) is 0 Å². The number of carbonyl (C=O) groups is 1. The van der Waals surface area contributed by atoms with E-state index < -0.39 is 5.97 Å². The second kappa shape index (κ2) is 9.83. The molecule has 2 aromatic rings. The number of nitrogens with one attached hydrogen (secondary N) is 1. The summed E-state index contributed by atoms with van der Waals surface area (Å²) in [6, 6.07) is 6.02. The highest BCUT2D eigenvalue weighted by Crippen LogP contribution is 2.37. The molecule has 2 aliphatic rings.